The second-order valence-corrected chi connectivity index (χ2v) is 5.77. The topological polar surface area (TPSA) is 27.3 Å². The van der Waals surface area contributed by atoms with Gasteiger partial charge >= 0.3 is 0 Å². The summed E-state index contributed by atoms with van der Waals surface area (Å²) in [4.78, 5) is 2.50. The van der Waals surface area contributed by atoms with E-state index in [1.54, 1.807) is 0 Å². The molecule has 2 N–H and O–H groups in total. The fourth-order valence-corrected chi connectivity index (χ4v) is 3.17. The standard InChI is InChI=1S/C16H25N3/c1-2-12-19(11-1)16-7-3-5-15(13-16)18-14-6-4-9-17-10-8-14/h3,5,7,13-14,17-18H,1-2,4,6,8-12H2. The normalized spacial score (nSPS) is 24.2. The highest BCUT2D eigenvalue weighted by Crippen LogP contribution is 2.24. The minimum absolute atomic E-state index is 0.629. The zero-order valence-corrected chi connectivity index (χ0v) is 11.7. The lowest BCUT2D eigenvalue weighted by Crippen LogP contribution is -2.22. The van der Waals surface area contributed by atoms with E-state index in [1.807, 2.05) is 0 Å². The monoisotopic (exact) mass is 259 g/mol. The average Bonchev–Trinajstić information content (AvgIpc) is 2.86. The molecular weight excluding hydrogens is 234 g/mol. The molecule has 2 saturated heterocycles. The van der Waals surface area contributed by atoms with Crippen LogP contribution in [0.25, 0.3) is 0 Å². The van der Waals surface area contributed by atoms with Gasteiger partial charge in [0.25, 0.3) is 0 Å². The molecule has 0 aromatic heterocycles. The number of anilines is 2. The zero-order valence-electron chi connectivity index (χ0n) is 11.7. The van der Waals surface area contributed by atoms with E-state index < -0.39 is 0 Å². The first-order valence-electron chi connectivity index (χ1n) is 7.74. The molecule has 0 aliphatic carbocycles. The van der Waals surface area contributed by atoms with Gasteiger partial charge in [0, 0.05) is 30.5 Å². The van der Waals surface area contributed by atoms with Crippen molar-refractivity contribution in [3.8, 4) is 0 Å². The van der Waals surface area contributed by atoms with E-state index in [0.717, 1.165) is 6.54 Å². The van der Waals surface area contributed by atoms with Gasteiger partial charge in [-0.25, -0.2) is 0 Å². The van der Waals surface area contributed by atoms with Crippen LogP contribution in [0, 0.1) is 0 Å². The van der Waals surface area contributed by atoms with Crippen LogP contribution in [0.3, 0.4) is 0 Å². The van der Waals surface area contributed by atoms with Crippen molar-refractivity contribution in [2.75, 3.05) is 36.4 Å². The molecule has 104 valence electrons. The van der Waals surface area contributed by atoms with Gasteiger partial charge in [-0.15, -0.1) is 0 Å². The Labute approximate surface area is 116 Å². The molecule has 2 heterocycles. The number of nitrogens with one attached hydrogen (secondary N) is 2. The maximum absolute atomic E-state index is 3.72. The smallest absolute Gasteiger partial charge is 0.0386 e. The molecule has 1 atom stereocenters. The quantitative estimate of drug-likeness (QED) is 0.874. The maximum Gasteiger partial charge on any atom is 0.0386 e. The molecule has 1 unspecified atom stereocenters. The van der Waals surface area contributed by atoms with Gasteiger partial charge in [0.05, 0.1) is 0 Å². The molecule has 19 heavy (non-hydrogen) atoms. The summed E-state index contributed by atoms with van der Waals surface area (Å²) in [5.74, 6) is 0. The molecule has 0 spiro atoms. The number of benzene rings is 1. The Morgan fingerprint density at radius 3 is 2.84 bits per heavy atom. The first-order valence-corrected chi connectivity index (χ1v) is 7.74. The third kappa shape index (κ3) is 3.41. The van der Waals surface area contributed by atoms with Crippen molar-refractivity contribution < 1.29 is 0 Å². The van der Waals surface area contributed by atoms with Crippen LogP contribution in [0.2, 0.25) is 0 Å². The Kier molecular flexibility index (Phi) is 4.23. The summed E-state index contributed by atoms with van der Waals surface area (Å²) in [6.07, 6.45) is 6.47. The highest BCUT2D eigenvalue weighted by Gasteiger charge is 2.14. The fraction of sp³-hybridized carbons (Fsp3) is 0.625. The van der Waals surface area contributed by atoms with Gasteiger partial charge in [-0.3, -0.25) is 0 Å². The van der Waals surface area contributed by atoms with E-state index in [9.17, 15) is 0 Å². The maximum atomic E-state index is 3.72. The Bertz CT molecular complexity index is 391. The third-order valence-corrected chi connectivity index (χ3v) is 4.26. The molecule has 0 bridgehead atoms. The largest absolute Gasteiger partial charge is 0.382 e. The number of hydrogen-bond donors (Lipinski definition) is 2. The second-order valence-electron chi connectivity index (χ2n) is 5.77. The molecule has 0 amide bonds. The van der Waals surface area contributed by atoms with Crippen LogP contribution >= 0.6 is 0 Å². The van der Waals surface area contributed by atoms with E-state index in [-0.39, 0.29) is 0 Å². The Balaban J connectivity index is 1.64. The molecule has 1 aromatic rings. The van der Waals surface area contributed by atoms with Crippen molar-refractivity contribution in [2.24, 2.45) is 0 Å². The van der Waals surface area contributed by atoms with Crippen molar-refractivity contribution in [1.82, 2.24) is 5.32 Å². The lowest BCUT2D eigenvalue weighted by molar-refractivity contribution is 0.637. The summed E-state index contributed by atoms with van der Waals surface area (Å²) in [5.41, 5.74) is 2.67. The second kappa shape index (κ2) is 6.29. The molecular formula is C16H25N3. The molecule has 3 heteroatoms. The van der Waals surface area contributed by atoms with Gasteiger partial charge in [-0.05, 0) is 63.4 Å². The van der Waals surface area contributed by atoms with E-state index in [1.165, 1.54) is 63.1 Å². The third-order valence-electron chi connectivity index (χ3n) is 4.26. The van der Waals surface area contributed by atoms with E-state index in [4.69, 9.17) is 0 Å². The first-order chi connectivity index (χ1) is 9.42. The minimum Gasteiger partial charge on any atom is -0.382 e. The Hall–Kier alpha value is -1.22. The van der Waals surface area contributed by atoms with E-state index >= 15 is 0 Å². The van der Waals surface area contributed by atoms with Crippen LogP contribution in [-0.4, -0.2) is 32.2 Å². The number of nitrogens with zero attached hydrogens (tertiary/aromatic N) is 1. The van der Waals surface area contributed by atoms with Crippen LogP contribution in [0.15, 0.2) is 24.3 Å². The summed E-state index contributed by atoms with van der Waals surface area (Å²) in [7, 11) is 0. The van der Waals surface area contributed by atoms with Crippen molar-refractivity contribution in [3.05, 3.63) is 24.3 Å². The molecule has 3 nitrogen and oxygen atoms in total. The molecule has 1 aromatic carbocycles. The molecule has 0 radical (unpaired) electrons. The van der Waals surface area contributed by atoms with Crippen LogP contribution in [-0.2, 0) is 0 Å². The Morgan fingerprint density at radius 1 is 1.05 bits per heavy atom. The van der Waals surface area contributed by atoms with Gasteiger partial charge in [0.2, 0.25) is 0 Å². The summed E-state index contributed by atoms with van der Waals surface area (Å²) in [6, 6.07) is 9.58. The predicted octanol–water partition coefficient (Wildman–Crippen LogP) is 2.84. The fourth-order valence-electron chi connectivity index (χ4n) is 3.17. The van der Waals surface area contributed by atoms with Crippen LogP contribution in [0.4, 0.5) is 11.4 Å². The van der Waals surface area contributed by atoms with Crippen molar-refractivity contribution in [2.45, 2.75) is 38.1 Å². The van der Waals surface area contributed by atoms with Crippen molar-refractivity contribution in [1.29, 1.82) is 0 Å². The lowest BCUT2D eigenvalue weighted by atomic mass is 10.1. The molecule has 2 aliphatic heterocycles. The van der Waals surface area contributed by atoms with E-state index in [0.29, 0.717) is 6.04 Å². The SMILES string of the molecule is c1cc(NC2CCCNCC2)cc(N2CCCC2)c1. The number of rotatable bonds is 3. The van der Waals surface area contributed by atoms with Gasteiger partial charge in [0.15, 0.2) is 0 Å². The van der Waals surface area contributed by atoms with Gasteiger partial charge in [-0.1, -0.05) is 6.07 Å². The van der Waals surface area contributed by atoms with Crippen LogP contribution in [0.1, 0.15) is 32.1 Å². The molecule has 0 saturated carbocycles. The van der Waals surface area contributed by atoms with E-state index in [2.05, 4.69) is 39.8 Å². The predicted molar refractivity (Wildman–Crippen MR) is 82.0 cm³/mol. The van der Waals surface area contributed by atoms with Crippen molar-refractivity contribution in [3.63, 3.8) is 0 Å². The zero-order chi connectivity index (χ0) is 12.9. The highest BCUT2D eigenvalue weighted by atomic mass is 15.1. The molecule has 3 rings (SSSR count). The highest BCUT2D eigenvalue weighted by molar-refractivity contribution is 5.58. The van der Waals surface area contributed by atoms with Gasteiger partial charge in [-0.2, -0.15) is 0 Å². The van der Waals surface area contributed by atoms with Gasteiger partial charge in [0.1, 0.15) is 0 Å². The van der Waals surface area contributed by atoms with Crippen LogP contribution in [0.5, 0.6) is 0 Å². The Morgan fingerprint density at radius 2 is 1.95 bits per heavy atom. The van der Waals surface area contributed by atoms with Gasteiger partial charge < -0.3 is 15.5 Å². The summed E-state index contributed by atoms with van der Waals surface area (Å²) < 4.78 is 0. The summed E-state index contributed by atoms with van der Waals surface area (Å²) >= 11 is 0. The number of hydrogen-bond acceptors (Lipinski definition) is 3. The summed E-state index contributed by atoms with van der Waals surface area (Å²) in [5, 5.41) is 7.19. The van der Waals surface area contributed by atoms with Crippen molar-refractivity contribution >= 4 is 11.4 Å². The first kappa shape index (κ1) is 12.8. The summed E-state index contributed by atoms with van der Waals surface area (Å²) in [6.45, 7) is 4.75. The van der Waals surface area contributed by atoms with Crippen LogP contribution < -0.4 is 15.5 Å². The lowest BCUT2D eigenvalue weighted by Gasteiger charge is -2.21. The molecule has 2 aliphatic rings. The molecule has 2 fully saturated rings. The average molecular weight is 259 g/mol. The minimum atomic E-state index is 0.629.